The molecule has 188 valence electrons. The molecular formula is C28H39N5O2. The summed E-state index contributed by atoms with van der Waals surface area (Å²) >= 11 is 0. The molecule has 2 amide bonds. The highest BCUT2D eigenvalue weighted by Crippen LogP contribution is 2.33. The molecule has 0 fully saturated rings. The van der Waals surface area contributed by atoms with Gasteiger partial charge in [-0.25, -0.2) is 9.59 Å². The van der Waals surface area contributed by atoms with Gasteiger partial charge in [0, 0.05) is 46.0 Å². The zero-order valence-corrected chi connectivity index (χ0v) is 22.2. The third-order valence-corrected chi connectivity index (χ3v) is 7.42. The molecule has 1 aromatic heterocycles. The van der Waals surface area contributed by atoms with Crippen molar-refractivity contribution >= 4 is 22.8 Å². The highest BCUT2D eigenvalue weighted by Gasteiger charge is 2.25. The molecule has 0 saturated carbocycles. The fourth-order valence-corrected chi connectivity index (χ4v) is 4.89. The number of fused-ring (bicyclic) bond motifs is 2. The van der Waals surface area contributed by atoms with Gasteiger partial charge in [-0.15, -0.1) is 0 Å². The number of hydrogen-bond acceptors (Lipinski definition) is 3. The van der Waals surface area contributed by atoms with Crippen LogP contribution in [0.25, 0.3) is 11.0 Å². The van der Waals surface area contributed by atoms with E-state index in [1.165, 1.54) is 11.1 Å². The summed E-state index contributed by atoms with van der Waals surface area (Å²) in [6.07, 6.45) is 0.818. The third kappa shape index (κ3) is 4.81. The molecule has 4 rings (SSSR count). The van der Waals surface area contributed by atoms with Crippen LogP contribution in [0.1, 0.15) is 57.7 Å². The number of nitrogens with one attached hydrogen (secondary N) is 2. The van der Waals surface area contributed by atoms with Gasteiger partial charge in [-0.1, -0.05) is 52.8 Å². The predicted octanol–water partition coefficient (Wildman–Crippen LogP) is 4.57. The van der Waals surface area contributed by atoms with Gasteiger partial charge in [0.15, 0.2) is 0 Å². The Morgan fingerprint density at radius 3 is 2.43 bits per heavy atom. The number of benzene rings is 2. The van der Waals surface area contributed by atoms with Gasteiger partial charge in [0.05, 0.1) is 11.0 Å². The maximum absolute atomic E-state index is 13.1. The van der Waals surface area contributed by atoms with Gasteiger partial charge >= 0.3 is 11.7 Å². The van der Waals surface area contributed by atoms with Crippen molar-refractivity contribution in [1.82, 2.24) is 19.4 Å². The van der Waals surface area contributed by atoms with Crippen molar-refractivity contribution in [2.75, 3.05) is 25.5 Å². The summed E-state index contributed by atoms with van der Waals surface area (Å²) in [7, 11) is 3.52. The molecule has 0 spiro atoms. The lowest BCUT2D eigenvalue weighted by Crippen LogP contribution is -2.38. The molecule has 1 aliphatic rings. The van der Waals surface area contributed by atoms with E-state index in [1.807, 2.05) is 16.5 Å². The summed E-state index contributed by atoms with van der Waals surface area (Å²) in [6.45, 7) is 13.6. The first-order chi connectivity index (χ1) is 16.4. The minimum atomic E-state index is -0.147. The number of urea groups is 1. The van der Waals surface area contributed by atoms with Crippen LogP contribution in [-0.4, -0.2) is 40.2 Å². The van der Waals surface area contributed by atoms with Gasteiger partial charge in [0.2, 0.25) is 0 Å². The average molecular weight is 478 g/mol. The molecule has 7 heteroatoms. The highest BCUT2D eigenvalue weighted by atomic mass is 16.2. The van der Waals surface area contributed by atoms with Gasteiger partial charge < -0.3 is 15.5 Å². The molecule has 7 nitrogen and oxygen atoms in total. The van der Waals surface area contributed by atoms with E-state index >= 15 is 0 Å². The van der Waals surface area contributed by atoms with E-state index < -0.39 is 0 Å². The number of carbonyl (C=O) groups is 1. The first kappa shape index (κ1) is 24.9. The average Bonchev–Trinajstić information content (AvgIpc) is 2.95. The number of aryl methyl sites for hydroxylation is 2. The van der Waals surface area contributed by atoms with Crippen LogP contribution in [0.2, 0.25) is 0 Å². The molecule has 0 bridgehead atoms. The monoisotopic (exact) mass is 477 g/mol. The van der Waals surface area contributed by atoms with Crippen LogP contribution in [0, 0.1) is 0 Å². The Bertz CT molecular complexity index is 1310. The Hall–Kier alpha value is -3.22. The molecule has 35 heavy (non-hydrogen) atoms. The first-order valence-corrected chi connectivity index (χ1v) is 12.5. The van der Waals surface area contributed by atoms with Crippen LogP contribution >= 0.6 is 0 Å². The molecular weight excluding hydrogens is 438 g/mol. The number of rotatable bonds is 4. The van der Waals surface area contributed by atoms with Gasteiger partial charge in [-0.3, -0.25) is 9.13 Å². The topological polar surface area (TPSA) is 71.3 Å². The van der Waals surface area contributed by atoms with Crippen LogP contribution in [0.15, 0.2) is 41.2 Å². The summed E-state index contributed by atoms with van der Waals surface area (Å²) < 4.78 is 3.67. The van der Waals surface area contributed by atoms with Gasteiger partial charge in [-0.05, 0) is 52.1 Å². The fraction of sp³-hybridized carbons (Fsp3) is 0.500. The largest absolute Gasteiger partial charge is 0.383 e. The zero-order valence-electron chi connectivity index (χ0n) is 22.2. The summed E-state index contributed by atoms with van der Waals surface area (Å²) in [5, 5.41) is 6.18. The van der Waals surface area contributed by atoms with E-state index in [2.05, 4.69) is 81.7 Å². The number of carbonyl (C=O) groups excluding carboxylic acids is 1. The quantitative estimate of drug-likeness (QED) is 0.578. The minimum Gasteiger partial charge on any atom is -0.383 e. The Labute approximate surface area is 208 Å². The van der Waals surface area contributed by atoms with Crippen LogP contribution < -0.4 is 16.3 Å². The lowest BCUT2D eigenvalue weighted by atomic mass is 9.80. The summed E-state index contributed by atoms with van der Waals surface area (Å²) in [5.41, 5.74) is 6.49. The van der Waals surface area contributed by atoms with Crippen molar-refractivity contribution in [2.24, 2.45) is 7.05 Å². The smallest absolute Gasteiger partial charge is 0.328 e. The number of imidazole rings is 1. The maximum Gasteiger partial charge on any atom is 0.328 e. The normalized spacial score (nSPS) is 14.4. The second-order valence-corrected chi connectivity index (χ2v) is 11.4. The number of amides is 2. The molecule has 2 heterocycles. The van der Waals surface area contributed by atoms with E-state index in [1.54, 1.807) is 11.6 Å². The summed E-state index contributed by atoms with van der Waals surface area (Å²) in [4.78, 5) is 27.2. The Kier molecular flexibility index (Phi) is 6.47. The van der Waals surface area contributed by atoms with E-state index in [9.17, 15) is 9.59 Å². The number of hydrogen-bond donors (Lipinski definition) is 2. The molecule has 2 aromatic carbocycles. The second kappa shape index (κ2) is 9.10. The molecule has 3 aromatic rings. The van der Waals surface area contributed by atoms with Crippen LogP contribution in [-0.2, 0) is 31.0 Å². The van der Waals surface area contributed by atoms with Crippen molar-refractivity contribution in [3.8, 4) is 0 Å². The van der Waals surface area contributed by atoms with Gasteiger partial charge in [0.25, 0.3) is 0 Å². The van der Waals surface area contributed by atoms with Gasteiger partial charge in [0.1, 0.15) is 0 Å². The van der Waals surface area contributed by atoms with Crippen LogP contribution in [0.4, 0.5) is 10.5 Å². The molecule has 0 atom stereocenters. The Balaban J connectivity index is 1.60. The van der Waals surface area contributed by atoms with E-state index in [0.717, 1.165) is 35.2 Å². The first-order valence-electron chi connectivity index (χ1n) is 12.5. The fourth-order valence-electron chi connectivity index (χ4n) is 4.89. The van der Waals surface area contributed by atoms with E-state index in [4.69, 9.17) is 0 Å². The molecule has 0 aliphatic carbocycles. The lowest BCUT2D eigenvalue weighted by Gasteiger charge is -2.27. The molecule has 0 unspecified atom stereocenters. The summed E-state index contributed by atoms with van der Waals surface area (Å²) in [6, 6.07) is 12.8. The lowest BCUT2D eigenvalue weighted by molar-refractivity contribution is 0.200. The van der Waals surface area contributed by atoms with Crippen molar-refractivity contribution in [3.05, 3.63) is 63.6 Å². The third-order valence-electron chi connectivity index (χ3n) is 7.42. The second-order valence-electron chi connectivity index (χ2n) is 11.4. The zero-order chi connectivity index (χ0) is 25.5. The maximum atomic E-state index is 13.1. The van der Waals surface area contributed by atoms with Crippen molar-refractivity contribution in [2.45, 2.75) is 65.0 Å². The van der Waals surface area contributed by atoms with Crippen LogP contribution in [0.3, 0.4) is 0 Å². The standard InChI is InChI=1S/C28H39N5O2/c1-27(2,3)20-9-11-23-24(17-20)31(7)26(35)33(23)14-12-28(4,5)21-8-10-22-19(16-21)18-32(15-13-30-22)25(34)29-6/h8-11,16-17,30H,12-15,18H2,1-7H3,(H,29,34). The highest BCUT2D eigenvalue weighted by molar-refractivity contribution is 5.77. The number of nitrogens with zero attached hydrogens (tertiary/aromatic N) is 3. The summed E-state index contributed by atoms with van der Waals surface area (Å²) in [5.74, 6) is 0. The molecule has 0 saturated heterocycles. The van der Waals surface area contributed by atoms with Gasteiger partial charge in [-0.2, -0.15) is 0 Å². The molecule has 1 aliphatic heterocycles. The van der Waals surface area contributed by atoms with Crippen molar-refractivity contribution < 1.29 is 4.79 Å². The van der Waals surface area contributed by atoms with Crippen molar-refractivity contribution in [3.63, 3.8) is 0 Å². The van der Waals surface area contributed by atoms with E-state index in [0.29, 0.717) is 19.6 Å². The van der Waals surface area contributed by atoms with Crippen molar-refractivity contribution in [1.29, 1.82) is 0 Å². The van der Waals surface area contributed by atoms with E-state index in [-0.39, 0.29) is 22.6 Å². The molecule has 2 N–H and O–H groups in total. The Morgan fingerprint density at radius 2 is 1.74 bits per heavy atom. The predicted molar refractivity (Wildman–Crippen MR) is 143 cm³/mol. The SMILES string of the molecule is CNC(=O)N1CCNc2ccc(C(C)(C)CCn3c(=O)n(C)c4cc(C(C)(C)C)ccc43)cc2C1. The Morgan fingerprint density at radius 1 is 1.03 bits per heavy atom. The number of anilines is 1. The molecule has 0 radical (unpaired) electrons. The number of aromatic nitrogens is 2. The van der Waals surface area contributed by atoms with Crippen LogP contribution in [0.5, 0.6) is 0 Å². The minimum absolute atomic E-state index is 0.0224.